The van der Waals surface area contributed by atoms with Crippen LogP contribution in [0.2, 0.25) is 0 Å². The second-order valence-corrected chi connectivity index (χ2v) is 5.88. The van der Waals surface area contributed by atoms with Crippen LogP contribution >= 0.6 is 0 Å². The third-order valence-electron chi connectivity index (χ3n) is 4.16. The zero-order valence-corrected chi connectivity index (χ0v) is 13.8. The van der Waals surface area contributed by atoms with Crippen molar-refractivity contribution in [2.45, 2.75) is 25.3 Å². The molecule has 4 nitrogen and oxygen atoms in total. The van der Waals surface area contributed by atoms with Crippen molar-refractivity contribution in [3.63, 3.8) is 0 Å². The minimum atomic E-state index is 0.380. The van der Waals surface area contributed by atoms with Crippen LogP contribution in [-0.4, -0.2) is 58.0 Å². The van der Waals surface area contributed by atoms with E-state index in [1.165, 1.54) is 37.9 Å². The van der Waals surface area contributed by atoms with Crippen LogP contribution < -0.4 is 5.32 Å². The average molecular weight is 306 g/mol. The van der Waals surface area contributed by atoms with E-state index in [0.717, 1.165) is 19.7 Å². The molecule has 0 saturated carbocycles. The van der Waals surface area contributed by atoms with E-state index in [0.29, 0.717) is 19.3 Å². The molecule has 1 aromatic rings. The van der Waals surface area contributed by atoms with Crippen LogP contribution in [0.3, 0.4) is 0 Å². The number of rotatable bonds is 10. The normalized spacial score (nSPS) is 17.5. The molecule has 22 heavy (non-hydrogen) atoms. The molecule has 0 bridgehead atoms. The maximum atomic E-state index is 5.55. The Bertz CT molecular complexity index is 380. The SMILES string of the molecule is COCCOCCNC(CN1CCCCC1)c1ccccc1. The summed E-state index contributed by atoms with van der Waals surface area (Å²) in [5, 5.41) is 3.65. The predicted octanol–water partition coefficient (Wildman–Crippen LogP) is 2.47. The lowest BCUT2D eigenvalue weighted by atomic mass is 10.0. The van der Waals surface area contributed by atoms with Gasteiger partial charge in [-0.2, -0.15) is 0 Å². The van der Waals surface area contributed by atoms with Crippen LogP contribution in [0.25, 0.3) is 0 Å². The molecule has 1 aromatic carbocycles. The van der Waals surface area contributed by atoms with Gasteiger partial charge >= 0.3 is 0 Å². The number of hydrogen-bond acceptors (Lipinski definition) is 4. The van der Waals surface area contributed by atoms with E-state index in [-0.39, 0.29) is 0 Å². The lowest BCUT2D eigenvalue weighted by molar-refractivity contribution is 0.0702. The molecule has 0 amide bonds. The van der Waals surface area contributed by atoms with E-state index >= 15 is 0 Å². The van der Waals surface area contributed by atoms with Crippen LogP contribution in [-0.2, 0) is 9.47 Å². The molecule has 0 spiro atoms. The standard InChI is InChI=1S/C18H30N2O2/c1-21-14-15-22-13-10-19-18(17-8-4-2-5-9-17)16-20-11-6-3-7-12-20/h2,4-5,8-9,18-19H,3,6-7,10-16H2,1H3. The summed E-state index contributed by atoms with van der Waals surface area (Å²) in [6, 6.07) is 11.1. The van der Waals surface area contributed by atoms with Gasteiger partial charge in [-0.15, -0.1) is 0 Å². The van der Waals surface area contributed by atoms with Crippen LogP contribution in [0.1, 0.15) is 30.9 Å². The zero-order chi connectivity index (χ0) is 15.5. The quantitative estimate of drug-likeness (QED) is 0.673. The molecule has 0 aromatic heterocycles. The summed E-state index contributed by atoms with van der Waals surface area (Å²) in [7, 11) is 1.70. The van der Waals surface area contributed by atoms with Crippen molar-refractivity contribution in [2.75, 3.05) is 53.1 Å². The number of nitrogens with one attached hydrogen (secondary N) is 1. The maximum Gasteiger partial charge on any atom is 0.0700 e. The number of benzene rings is 1. The highest BCUT2D eigenvalue weighted by molar-refractivity contribution is 5.19. The second-order valence-electron chi connectivity index (χ2n) is 5.88. The molecule has 124 valence electrons. The van der Waals surface area contributed by atoms with Gasteiger partial charge in [-0.05, 0) is 31.5 Å². The van der Waals surface area contributed by atoms with Crippen molar-refractivity contribution < 1.29 is 9.47 Å². The predicted molar refractivity (Wildman–Crippen MR) is 90.2 cm³/mol. The lowest BCUT2D eigenvalue weighted by Crippen LogP contribution is -2.39. The fraction of sp³-hybridized carbons (Fsp3) is 0.667. The van der Waals surface area contributed by atoms with Crippen LogP contribution in [0.5, 0.6) is 0 Å². The summed E-state index contributed by atoms with van der Waals surface area (Å²) in [5.74, 6) is 0. The first-order valence-electron chi connectivity index (χ1n) is 8.47. The molecular formula is C18H30N2O2. The first-order chi connectivity index (χ1) is 10.9. The Morgan fingerprint density at radius 3 is 2.55 bits per heavy atom. The molecule has 1 unspecified atom stereocenters. The van der Waals surface area contributed by atoms with E-state index in [1.807, 2.05) is 0 Å². The van der Waals surface area contributed by atoms with Crippen molar-refractivity contribution in [1.82, 2.24) is 10.2 Å². The van der Waals surface area contributed by atoms with Crippen molar-refractivity contribution in [1.29, 1.82) is 0 Å². The smallest absolute Gasteiger partial charge is 0.0700 e. The highest BCUT2D eigenvalue weighted by atomic mass is 16.5. The van der Waals surface area contributed by atoms with Crippen LogP contribution in [0.4, 0.5) is 0 Å². The molecule has 0 radical (unpaired) electrons. The van der Waals surface area contributed by atoms with E-state index in [9.17, 15) is 0 Å². The highest BCUT2D eigenvalue weighted by Gasteiger charge is 2.17. The maximum absolute atomic E-state index is 5.55. The molecular weight excluding hydrogens is 276 g/mol. The summed E-state index contributed by atoms with van der Waals surface area (Å²) >= 11 is 0. The van der Waals surface area contributed by atoms with E-state index < -0.39 is 0 Å². The zero-order valence-electron chi connectivity index (χ0n) is 13.8. The number of ether oxygens (including phenoxy) is 2. The third-order valence-corrected chi connectivity index (χ3v) is 4.16. The average Bonchev–Trinajstić information content (AvgIpc) is 2.58. The van der Waals surface area contributed by atoms with E-state index in [2.05, 4.69) is 40.5 Å². The van der Waals surface area contributed by atoms with E-state index in [1.54, 1.807) is 7.11 Å². The molecule has 1 aliphatic heterocycles. The fourth-order valence-electron chi connectivity index (χ4n) is 2.92. The molecule has 1 saturated heterocycles. The molecule has 4 heteroatoms. The first kappa shape index (κ1) is 17.4. The van der Waals surface area contributed by atoms with Gasteiger partial charge in [0.05, 0.1) is 19.8 Å². The van der Waals surface area contributed by atoms with Crippen LogP contribution in [0, 0.1) is 0 Å². The summed E-state index contributed by atoms with van der Waals surface area (Å²) in [4.78, 5) is 2.58. The minimum absolute atomic E-state index is 0.380. The third kappa shape index (κ3) is 6.44. The Morgan fingerprint density at radius 1 is 1.05 bits per heavy atom. The van der Waals surface area contributed by atoms with Crippen LogP contribution in [0.15, 0.2) is 30.3 Å². The van der Waals surface area contributed by atoms with Crippen molar-refractivity contribution in [3.8, 4) is 0 Å². The number of piperidine rings is 1. The summed E-state index contributed by atoms with van der Waals surface area (Å²) in [5.41, 5.74) is 1.37. The Labute approximate surface area is 134 Å². The summed E-state index contributed by atoms with van der Waals surface area (Å²) in [6.45, 7) is 6.48. The Morgan fingerprint density at radius 2 is 1.82 bits per heavy atom. The molecule has 1 heterocycles. The lowest BCUT2D eigenvalue weighted by Gasteiger charge is -2.31. The topological polar surface area (TPSA) is 33.7 Å². The number of likely N-dealkylation sites (tertiary alicyclic amines) is 1. The fourth-order valence-corrected chi connectivity index (χ4v) is 2.92. The van der Waals surface area contributed by atoms with Gasteiger partial charge in [0.1, 0.15) is 0 Å². The monoisotopic (exact) mass is 306 g/mol. The molecule has 1 fully saturated rings. The molecule has 1 atom stereocenters. The second kappa shape index (κ2) is 10.7. The van der Waals surface area contributed by atoms with Crippen molar-refractivity contribution in [3.05, 3.63) is 35.9 Å². The van der Waals surface area contributed by atoms with Gasteiger partial charge < -0.3 is 19.7 Å². The molecule has 2 rings (SSSR count). The largest absolute Gasteiger partial charge is 0.382 e. The number of hydrogen-bond donors (Lipinski definition) is 1. The molecule has 1 N–H and O–H groups in total. The van der Waals surface area contributed by atoms with Gasteiger partial charge in [-0.25, -0.2) is 0 Å². The summed E-state index contributed by atoms with van der Waals surface area (Å²) in [6.07, 6.45) is 4.05. The van der Waals surface area contributed by atoms with Crippen molar-refractivity contribution in [2.24, 2.45) is 0 Å². The molecule has 0 aliphatic carbocycles. The van der Waals surface area contributed by atoms with Gasteiger partial charge in [0.25, 0.3) is 0 Å². The summed E-state index contributed by atoms with van der Waals surface area (Å²) < 4.78 is 10.5. The first-order valence-corrected chi connectivity index (χ1v) is 8.47. The van der Waals surface area contributed by atoms with Gasteiger partial charge in [0.15, 0.2) is 0 Å². The highest BCUT2D eigenvalue weighted by Crippen LogP contribution is 2.17. The number of nitrogens with zero attached hydrogens (tertiary/aromatic N) is 1. The van der Waals surface area contributed by atoms with E-state index in [4.69, 9.17) is 9.47 Å². The molecule has 1 aliphatic rings. The van der Waals surface area contributed by atoms with Gasteiger partial charge in [-0.1, -0.05) is 36.8 Å². The number of methoxy groups -OCH3 is 1. The van der Waals surface area contributed by atoms with Crippen molar-refractivity contribution >= 4 is 0 Å². The Balaban J connectivity index is 1.79. The Hall–Kier alpha value is -0.940. The van der Waals surface area contributed by atoms with Gasteiger partial charge in [-0.3, -0.25) is 0 Å². The Kier molecular flexibility index (Phi) is 8.49. The van der Waals surface area contributed by atoms with Gasteiger partial charge in [0.2, 0.25) is 0 Å². The minimum Gasteiger partial charge on any atom is -0.382 e. The van der Waals surface area contributed by atoms with Gasteiger partial charge in [0, 0.05) is 26.2 Å².